The maximum atomic E-state index is 11.1. The maximum absolute atomic E-state index is 11.1. The lowest BCUT2D eigenvalue weighted by atomic mass is 9.76. The second-order valence-corrected chi connectivity index (χ2v) is 12.1. The van der Waals surface area contributed by atoms with Crippen LogP contribution >= 0.6 is 0 Å². The Balaban J connectivity index is 1.44. The molecule has 3 aromatic rings. The molecule has 0 aliphatic heterocycles. The molecule has 3 aromatic carbocycles. The smallest absolute Gasteiger partial charge is 0.294 e. The molecule has 0 heterocycles. The highest BCUT2D eigenvalue weighted by molar-refractivity contribution is 7.85. The van der Waals surface area contributed by atoms with E-state index in [4.69, 9.17) is 18.8 Å². The Morgan fingerprint density at radius 2 is 1.33 bits per heavy atom. The summed E-state index contributed by atoms with van der Waals surface area (Å²) in [4.78, 5) is -0.169. The Labute approximate surface area is 215 Å². The van der Waals surface area contributed by atoms with E-state index in [0.717, 1.165) is 17.6 Å². The predicted octanol–water partition coefficient (Wildman–Crippen LogP) is 6.74. The zero-order valence-corrected chi connectivity index (χ0v) is 22.7. The van der Waals surface area contributed by atoms with Crippen molar-refractivity contribution in [1.29, 1.82) is 0 Å². The van der Waals surface area contributed by atoms with Crippen molar-refractivity contribution in [3.05, 3.63) is 66.2 Å². The van der Waals surface area contributed by atoms with Crippen LogP contribution in [0.3, 0.4) is 0 Å². The molecule has 36 heavy (non-hydrogen) atoms. The van der Waals surface area contributed by atoms with Crippen molar-refractivity contribution < 1.29 is 27.2 Å². The fourth-order valence-electron chi connectivity index (χ4n) is 4.21. The molecule has 0 aromatic heterocycles. The third-order valence-corrected chi connectivity index (χ3v) is 6.88. The van der Waals surface area contributed by atoms with E-state index in [0.29, 0.717) is 44.0 Å². The molecule has 1 N–H and O–H groups in total. The van der Waals surface area contributed by atoms with Crippen LogP contribution in [-0.2, 0) is 14.9 Å². The van der Waals surface area contributed by atoms with Crippen molar-refractivity contribution in [2.75, 3.05) is 26.4 Å². The second-order valence-electron chi connectivity index (χ2n) is 10.6. The Bertz CT molecular complexity index is 1230. The van der Waals surface area contributed by atoms with Gasteiger partial charge < -0.3 is 14.2 Å². The minimum absolute atomic E-state index is 0.169. The van der Waals surface area contributed by atoms with Gasteiger partial charge in [-0.1, -0.05) is 58.9 Å². The molecule has 0 saturated heterocycles. The van der Waals surface area contributed by atoms with Crippen molar-refractivity contribution in [1.82, 2.24) is 0 Å². The van der Waals surface area contributed by atoms with Gasteiger partial charge in [-0.15, -0.1) is 0 Å². The molecule has 3 rings (SSSR count). The molecule has 6 nitrogen and oxygen atoms in total. The van der Waals surface area contributed by atoms with Crippen LogP contribution < -0.4 is 9.47 Å². The largest absolute Gasteiger partial charge is 0.491 e. The van der Waals surface area contributed by atoms with Gasteiger partial charge >= 0.3 is 0 Å². The monoisotopic (exact) mass is 514 g/mol. The van der Waals surface area contributed by atoms with Crippen LogP contribution in [0.2, 0.25) is 0 Å². The zero-order valence-electron chi connectivity index (χ0n) is 21.9. The molecule has 196 valence electrons. The SMILES string of the molecule is CC(C)C(CC(C)(C)C)c1ccc2cc(OCCOCCOc3ccc(S(=O)(=O)O)cc3)ccc2c1. The van der Waals surface area contributed by atoms with E-state index in [1.165, 1.54) is 35.2 Å². The van der Waals surface area contributed by atoms with Crippen LogP contribution in [0, 0.1) is 11.3 Å². The molecule has 1 unspecified atom stereocenters. The predicted molar refractivity (Wildman–Crippen MR) is 144 cm³/mol. The van der Waals surface area contributed by atoms with E-state index < -0.39 is 10.1 Å². The molecule has 1 atom stereocenters. The minimum atomic E-state index is -4.20. The molecular weight excluding hydrogens is 476 g/mol. The molecule has 0 aliphatic carbocycles. The fraction of sp³-hybridized carbons (Fsp3) is 0.448. The number of hydrogen-bond donors (Lipinski definition) is 1. The molecular formula is C29H38O6S. The van der Waals surface area contributed by atoms with Crippen molar-refractivity contribution in [3.8, 4) is 11.5 Å². The number of hydrogen-bond acceptors (Lipinski definition) is 5. The molecule has 0 aliphatic rings. The lowest BCUT2D eigenvalue weighted by Gasteiger charge is -2.29. The first-order valence-electron chi connectivity index (χ1n) is 12.4. The average Bonchev–Trinajstić information content (AvgIpc) is 2.80. The third kappa shape index (κ3) is 8.50. The maximum Gasteiger partial charge on any atom is 0.294 e. The van der Waals surface area contributed by atoms with E-state index in [9.17, 15) is 8.42 Å². The quantitative estimate of drug-likeness (QED) is 0.213. The molecule has 0 radical (unpaired) electrons. The van der Waals surface area contributed by atoms with Crippen LogP contribution in [0.25, 0.3) is 10.8 Å². The molecule has 7 heteroatoms. The first-order valence-corrected chi connectivity index (χ1v) is 13.8. The lowest BCUT2D eigenvalue weighted by Crippen LogP contribution is -2.16. The summed E-state index contributed by atoms with van der Waals surface area (Å²) < 4.78 is 48.0. The Morgan fingerprint density at radius 1 is 0.778 bits per heavy atom. The van der Waals surface area contributed by atoms with Crippen molar-refractivity contribution >= 4 is 20.9 Å². The highest BCUT2D eigenvalue weighted by Gasteiger charge is 2.23. The van der Waals surface area contributed by atoms with Crippen LogP contribution in [0.15, 0.2) is 65.6 Å². The van der Waals surface area contributed by atoms with Gasteiger partial charge in [-0.3, -0.25) is 4.55 Å². The van der Waals surface area contributed by atoms with E-state index in [1.807, 2.05) is 6.07 Å². The molecule has 0 saturated carbocycles. The van der Waals surface area contributed by atoms with Gasteiger partial charge in [-0.25, -0.2) is 0 Å². The van der Waals surface area contributed by atoms with Gasteiger partial charge in [-0.05, 0) is 76.4 Å². The van der Waals surface area contributed by atoms with Crippen molar-refractivity contribution in [2.45, 2.75) is 51.9 Å². The normalized spacial score (nSPS) is 13.2. The van der Waals surface area contributed by atoms with E-state index in [-0.39, 0.29) is 10.3 Å². The summed E-state index contributed by atoms with van der Waals surface area (Å²) in [5.41, 5.74) is 1.68. The zero-order chi connectivity index (χ0) is 26.3. The standard InChI is InChI=1S/C29H38O6S/c1-21(2)28(20-29(3,4)5)24-7-6-23-19-26(9-8-22(23)18-24)35-17-15-33-14-16-34-25-10-12-27(13-11-25)36(30,31)32/h6-13,18-19,21,28H,14-17,20H2,1-5H3,(H,30,31,32). The van der Waals surface area contributed by atoms with Crippen LogP contribution in [0.4, 0.5) is 0 Å². The summed E-state index contributed by atoms with van der Waals surface area (Å²) in [6.07, 6.45) is 1.16. The lowest BCUT2D eigenvalue weighted by molar-refractivity contribution is 0.0764. The Hall–Kier alpha value is -2.61. The Morgan fingerprint density at radius 3 is 1.92 bits per heavy atom. The van der Waals surface area contributed by atoms with Crippen LogP contribution in [-0.4, -0.2) is 39.4 Å². The summed E-state index contributed by atoms with van der Waals surface area (Å²) in [6.45, 7) is 13.0. The Kier molecular flexibility index (Phi) is 9.39. The third-order valence-electron chi connectivity index (χ3n) is 6.02. The average molecular weight is 515 g/mol. The molecule has 0 spiro atoms. The number of rotatable bonds is 12. The van der Waals surface area contributed by atoms with Gasteiger partial charge in [-0.2, -0.15) is 8.42 Å². The minimum Gasteiger partial charge on any atom is -0.491 e. The van der Waals surface area contributed by atoms with Gasteiger partial charge in [0.1, 0.15) is 24.7 Å². The highest BCUT2D eigenvalue weighted by Crippen LogP contribution is 2.37. The number of fused-ring (bicyclic) bond motifs is 1. The van der Waals surface area contributed by atoms with Crippen LogP contribution in [0.1, 0.15) is 52.5 Å². The molecule has 0 bridgehead atoms. The fourth-order valence-corrected chi connectivity index (χ4v) is 4.69. The van der Waals surface area contributed by atoms with Crippen molar-refractivity contribution in [3.63, 3.8) is 0 Å². The number of ether oxygens (including phenoxy) is 3. The summed E-state index contributed by atoms with van der Waals surface area (Å²) >= 11 is 0. The summed E-state index contributed by atoms with van der Waals surface area (Å²) in [6, 6.07) is 18.5. The van der Waals surface area contributed by atoms with Gasteiger partial charge in [0.15, 0.2) is 0 Å². The summed E-state index contributed by atoms with van der Waals surface area (Å²) in [5.74, 6) is 2.42. The van der Waals surface area contributed by atoms with Gasteiger partial charge in [0.2, 0.25) is 0 Å². The van der Waals surface area contributed by atoms with E-state index >= 15 is 0 Å². The first-order chi connectivity index (χ1) is 16.9. The molecule has 0 fully saturated rings. The van der Waals surface area contributed by atoms with E-state index in [2.05, 4.69) is 65.0 Å². The first kappa shape index (κ1) is 28.0. The van der Waals surface area contributed by atoms with Crippen molar-refractivity contribution in [2.24, 2.45) is 11.3 Å². The topological polar surface area (TPSA) is 82.1 Å². The molecule has 0 amide bonds. The van der Waals surface area contributed by atoms with Crippen LogP contribution in [0.5, 0.6) is 11.5 Å². The van der Waals surface area contributed by atoms with Gasteiger partial charge in [0, 0.05) is 0 Å². The second kappa shape index (κ2) is 12.1. The number of benzene rings is 3. The highest BCUT2D eigenvalue weighted by atomic mass is 32.2. The summed E-state index contributed by atoms with van der Waals surface area (Å²) in [7, 11) is -4.20. The summed E-state index contributed by atoms with van der Waals surface area (Å²) in [5, 5.41) is 2.38. The van der Waals surface area contributed by atoms with E-state index in [1.54, 1.807) is 0 Å². The van der Waals surface area contributed by atoms with Gasteiger partial charge in [0.05, 0.1) is 18.1 Å². The van der Waals surface area contributed by atoms with Gasteiger partial charge in [0.25, 0.3) is 10.1 Å².